The van der Waals surface area contributed by atoms with E-state index in [0.29, 0.717) is 28.7 Å². The zero-order valence-corrected chi connectivity index (χ0v) is 15.4. The molecule has 7 heteroatoms. The SMILES string of the molecule is O=C(c1cccc(Cl)c1Cl)N1CCN(Cc2ccc(Cl)s2)CC1. The number of hydrogen-bond donors (Lipinski definition) is 0. The number of carbonyl (C=O) groups excluding carboxylic acids is 1. The maximum Gasteiger partial charge on any atom is 0.255 e. The number of piperazine rings is 1. The van der Waals surface area contributed by atoms with Gasteiger partial charge in [0.25, 0.3) is 5.91 Å². The Balaban J connectivity index is 1.60. The van der Waals surface area contributed by atoms with Crippen LogP contribution in [-0.4, -0.2) is 41.9 Å². The molecule has 3 rings (SSSR count). The Labute approximate surface area is 154 Å². The van der Waals surface area contributed by atoms with Crippen molar-refractivity contribution < 1.29 is 4.79 Å². The van der Waals surface area contributed by atoms with Crippen molar-refractivity contribution in [2.24, 2.45) is 0 Å². The number of thiophene rings is 1. The summed E-state index contributed by atoms with van der Waals surface area (Å²) in [7, 11) is 0. The summed E-state index contributed by atoms with van der Waals surface area (Å²) in [4.78, 5) is 18.0. The van der Waals surface area contributed by atoms with Crippen molar-refractivity contribution in [2.45, 2.75) is 6.54 Å². The van der Waals surface area contributed by atoms with Gasteiger partial charge in [-0.3, -0.25) is 9.69 Å². The van der Waals surface area contributed by atoms with Crippen molar-refractivity contribution in [1.82, 2.24) is 9.80 Å². The first-order chi connectivity index (χ1) is 11.0. The van der Waals surface area contributed by atoms with Crippen molar-refractivity contribution >= 4 is 52.0 Å². The first-order valence-electron chi connectivity index (χ1n) is 7.24. The minimum Gasteiger partial charge on any atom is -0.336 e. The second-order valence-corrected chi connectivity index (χ2v) is 7.96. The van der Waals surface area contributed by atoms with E-state index in [0.717, 1.165) is 24.0 Å². The van der Waals surface area contributed by atoms with Gasteiger partial charge in [0, 0.05) is 37.6 Å². The second kappa shape index (κ2) is 7.41. The molecule has 0 radical (unpaired) electrons. The molecule has 0 saturated carbocycles. The summed E-state index contributed by atoms with van der Waals surface area (Å²) >= 11 is 19.7. The molecule has 122 valence electrons. The molecule has 1 aromatic carbocycles. The molecule has 0 spiro atoms. The molecule has 1 aromatic heterocycles. The third-order valence-electron chi connectivity index (χ3n) is 3.85. The monoisotopic (exact) mass is 388 g/mol. The topological polar surface area (TPSA) is 23.6 Å². The molecule has 0 bridgehead atoms. The first kappa shape index (κ1) is 17.1. The molecule has 1 fully saturated rings. The summed E-state index contributed by atoms with van der Waals surface area (Å²) < 4.78 is 0.810. The van der Waals surface area contributed by atoms with Gasteiger partial charge in [0.2, 0.25) is 0 Å². The maximum atomic E-state index is 12.6. The normalized spacial score (nSPS) is 15.9. The highest BCUT2D eigenvalue weighted by molar-refractivity contribution is 7.16. The summed E-state index contributed by atoms with van der Waals surface area (Å²) in [6.45, 7) is 3.90. The Morgan fingerprint density at radius 3 is 2.43 bits per heavy atom. The van der Waals surface area contributed by atoms with Crippen molar-refractivity contribution in [3.63, 3.8) is 0 Å². The molecule has 2 aromatic rings. The quantitative estimate of drug-likeness (QED) is 0.762. The highest BCUT2D eigenvalue weighted by Gasteiger charge is 2.24. The van der Waals surface area contributed by atoms with Crippen molar-refractivity contribution in [2.75, 3.05) is 26.2 Å². The van der Waals surface area contributed by atoms with E-state index in [2.05, 4.69) is 11.0 Å². The van der Waals surface area contributed by atoms with Gasteiger partial charge < -0.3 is 4.90 Å². The number of benzene rings is 1. The van der Waals surface area contributed by atoms with Crippen LogP contribution in [0.4, 0.5) is 0 Å². The summed E-state index contributed by atoms with van der Waals surface area (Å²) in [5.74, 6) is -0.0590. The fourth-order valence-corrected chi connectivity index (χ4v) is 4.12. The predicted molar refractivity (Wildman–Crippen MR) is 97.0 cm³/mol. The third kappa shape index (κ3) is 4.01. The van der Waals surface area contributed by atoms with Crippen LogP contribution in [0.5, 0.6) is 0 Å². The lowest BCUT2D eigenvalue weighted by molar-refractivity contribution is 0.0630. The summed E-state index contributed by atoms with van der Waals surface area (Å²) in [6, 6.07) is 9.12. The lowest BCUT2D eigenvalue weighted by Crippen LogP contribution is -2.48. The van der Waals surface area contributed by atoms with Gasteiger partial charge in [-0.25, -0.2) is 0 Å². The molecule has 1 aliphatic rings. The van der Waals surface area contributed by atoms with Crippen LogP contribution in [0.2, 0.25) is 14.4 Å². The van der Waals surface area contributed by atoms with E-state index in [1.54, 1.807) is 29.5 Å². The Morgan fingerprint density at radius 1 is 1.04 bits per heavy atom. The molecule has 0 N–H and O–H groups in total. The smallest absolute Gasteiger partial charge is 0.255 e. The zero-order chi connectivity index (χ0) is 16.4. The van der Waals surface area contributed by atoms with E-state index in [9.17, 15) is 4.79 Å². The number of carbonyl (C=O) groups is 1. The molecular weight excluding hydrogens is 375 g/mol. The van der Waals surface area contributed by atoms with E-state index >= 15 is 0 Å². The van der Waals surface area contributed by atoms with Crippen LogP contribution < -0.4 is 0 Å². The molecule has 2 heterocycles. The zero-order valence-electron chi connectivity index (χ0n) is 12.3. The highest BCUT2D eigenvalue weighted by atomic mass is 35.5. The maximum absolute atomic E-state index is 12.6. The van der Waals surface area contributed by atoms with Crippen LogP contribution in [-0.2, 0) is 6.54 Å². The molecule has 1 amide bonds. The number of hydrogen-bond acceptors (Lipinski definition) is 3. The molecule has 1 aliphatic heterocycles. The Hall–Kier alpha value is -0.780. The summed E-state index contributed by atoms with van der Waals surface area (Å²) in [5, 5.41) is 0.737. The van der Waals surface area contributed by atoms with Crippen LogP contribution in [0, 0.1) is 0 Å². The Kier molecular flexibility index (Phi) is 5.49. The van der Waals surface area contributed by atoms with Gasteiger partial charge in [-0.15, -0.1) is 11.3 Å². The van der Waals surface area contributed by atoms with Gasteiger partial charge in [-0.2, -0.15) is 0 Å². The minimum atomic E-state index is -0.0590. The summed E-state index contributed by atoms with van der Waals surface area (Å²) in [6.07, 6.45) is 0. The molecule has 0 aliphatic carbocycles. The predicted octanol–water partition coefficient (Wildman–Crippen LogP) is 4.67. The van der Waals surface area contributed by atoms with Crippen LogP contribution in [0.25, 0.3) is 0 Å². The molecule has 1 saturated heterocycles. The summed E-state index contributed by atoms with van der Waals surface area (Å²) in [5.41, 5.74) is 0.470. The van der Waals surface area contributed by atoms with E-state index in [1.807, 2.05) is 11.0 Å². The van der Waals surface area contributed by atoms with E-state index in [4.69, 9.17) is 34.8 Å². The van der Waals surface area contributed by atoms with Gasteiger partial charge in [0.15, 0.2) is 0 Å². The van der Waals surface area contributed by atoms with Crippen LogP contribution >= 0.6 is 46.1 Å². The lowest BCUT2D eigenvalue weighted by Gasteiger charge is -2.34. The first-order valence-corrected chi connectivity index (χ1v) is 9.19. The number of nitrogens with zero attached hydrogens (tertiary/aromatic N) is 2. The van der Waals surface area contributed by atoms with Gasteiger partial charge in [0.05, 0.1) is 19.9 Å². The average Bonchev–Trinajstić information content (AvgIpc) is 2.95. The largest absolute Gasteiger partial charge is 0.336 e. The highest BCUT2D eigenvalue weighted by Crippen LogP contribution is 2.27. The van der Waals surface area contributed by atoms with E-state index in [-0.39, 0.29) is 5.91 Å². The van der Waals surface area contributed by atoms with Crippen molar-refractivity contribution in [1.29, 1.82) is 0 Å². The van der Waals surface area contributed by atoms with Crippen molar-refractivity contribution in [3.8, 4) is 0 Å². The van der Waals surface area contributed by atoms with E-state index < -0.39 is 0 Å². The molecular formula is C16H15Cl3N2OS. The van der Waals surface area contributed by atoms with Crippen LogP contribution in [0.15, 0.2) is 30.3 Å². The van der Waals surface area contributed by atoms with Gasteiger partial charge in [-0.1, -0.05) is 40.9 Å². The van der Waals surface area contributed by atoms with Crippen molar-refractivity contribution in [3.05, 3.63) is 55.2 Å². The standard InChI is InChI=1S/C16H15Cl3N2OS/c17-13-3-1-2-12(15(13)19)16(22)21-8-6-20(7-9-21)10-11-4-5-14(18)23-11/h1-5H,6-10H2. The van der Waals surface area contributed by atoms with Crippen LogP contribution in [0.1, 0.15) is 15.2 Å². The number of amides is 1. The average molecular weight is 390 g/mol. The third-order valence-corrected chi connectivity index (χ3v) is 5.88. The number of halogens is 3. The fourth-order valence-electron chi connectivity index (χ4n) is 2.61. The molecule has 0 unspecified atom stereocenters. The van der Waals surface area contributed by atoms with Gasteiger partial charge in [-0.05, 0) is 24.3 Å². The van der Waals surface area contributed by atoms with Gasteiger partial charge >= 0.3 is 0 Å². The molecule has 0 atom stereocenters. The Bertz CT molecular complexity index is 711. The van der Waals surface area contributed by atoms with Crippen LogP contribution in [0.3, 0.4) is 0 Å². The van der Waals surface area contributed by atoms with Gasteiger partial charge in [0.1, 0.15) is 0 Å². The second-order valence-electron chi connectivity index (χ2n) is 5.38. The minimum absolute atomic E-state index is 0.0590. The Morgan fingerprint density at radius 2 is 1.78 bits per heavy atom. The lowest BCUT2D eigenvalue weighted by atomic mass is 10.1. The molecule has 3 nitrogen and oxygen atoms in total. The van der Waals surface area contributed by atoms with E-state index in [1.165, 1.54) is 4.88 Å². The molecule has 23 heavy (non-hydrogen) atoms. The fraction of sp³-hybridized carbons (Fsp3) is 0.312. The number of rotatable bonds is 3.